The maximum absolute atomic E-state index is 13.7. The average molecular weight is 651 g/mol. The van der Waals surface area contributed by atoms with Crippen molar-refractivity contribution in [3.63, 3.8) is 0 Å². The van der Waals surface area contributed by atoms with E-state index < -0.39 is 33.1 Å². The summed E-state index contributed by atoms with van der Waals surface area (Å²) in [6.07, 6.45) is 0. The minimum absolute atomic E-state index is 0.0506. The topological polar surface area (TPSA) is 40.5 Å². The van der Waals surface area contributed by atoms with Crippen molar-refractivity contribution in [2.24, 2.45) is 0 Å². The summed E-state index contributed by atoms with van der Waals surface area (Å²) >= 11 is -2.02. The Morgan fingerprint density at radius 3 is 1.41 bits per heavy atom. The summed E-state index contributed by atoms with van der Waals surface area (Å²) < 4.78 is 0.538. The van der Waals surface area contributed by atoms with Gasteiger partial charge in [-0.1, -0.05) is 0 Å². The number of benzene rings is 4. The van der Waals surface area contributed by atoms with Crippen LogP contribution in [-0.4, -0.2) is 48.9 Å². The molecule has 1 amide bonds. The molecule has 32 heavy (non-hydrogen) atoms. The van der Waals surface area contributed by atoms with E-state index in [4.69, 9.17) is 0 Å². The van der Waals surface area contributed by atoms with Gasteiger partial charge in [0.05, 0.1) is 0 Å². The maximum atomic E-state index is 13.7. The molecule has 0 unspecified atom stereocenters. The van der Waals surface area contributed by atoms with Crippen LogP contribution in [0.15, 0.2) is 121 Å². The first-order valence-corrected chi connectivity index (χ1v) is 19.7. The van der Waals surface area contributed by atoms with Gasteiger partial charge in [-0.25, -0.2) is 0 Å². The summed E-state index contributed by atoms with van der Waals surface area (Å²) in [6, 6.07) is 39.8. The number of carbonyl (C=O) groups is 1. The normalized spacial score (nSPS) is 11.4. The molecule has 0 fully saturated rings. The number of amides is 1. The van der Waals surface area contributed by atoms with Crippen molar-refractivity contribution < 1.29 is 9.90 Å². The Kier molecular flexibility index (Phi) is 8.00. The fourth-order valence-electron chi connectivity index (χ4n) is 3.41. The number of nitrogens with zero attached hydrogens (tertiary/aromatic N) is 2. The average Bonchev–Trinajstić information content (AvgIpc) is 2.87. The van der Waals surface area contributed by atoms with Crippen molar-refractivity contribution in [3.8, 4) is 0 Å². The number of hydrogen-bond acceptors (Lipinski definition) is 2. The third kappa shape index (κ3) is 5.08. The van der Waals surface area contributed by atoms with Crippen LogP contribution >= 0.6 is 0 Å². The van der Waals surface area contributed by atoms with Gasteiger partial charge >= 0.3 is 205 Å². The molecule has 4 aromatic carbocycles. The number of para-hydroxylation sites is 4. The molecule has 0 aliphatic heterocycles. The Morgan fingerprint density at radius 2 is 1.03 bits per heavy atom. The van der Waals surface area contributed by atoms with Crippen LogP contribution in [0.2, 0.25) is 0 Å². The Balaban J connectivity index is 1.78. The van der Waals surface area contributed by atoms with E-state index in [0.29, 0.717) is 2.73 Å². The van der Waals surface area contributed by atoms with Gasteiger partial charge in [0.1, 0.15) is 0 Å². The Morgan fingerprint density at radius 1 is 0.656 bits per heavy atom. The number of aliphatic hydroxyl groups is 1. The molecule has 0 saturated carbocycles. The third-order valence-corrected chi connectivity index (χ3v) is 17.4. The monoisotopic (exact) mass is 655 g/mol. The van der Waals surface area contributed by atoms with Crippen LogP contribution in [0.5, 0.6) is 0 Å². The van der Waals surface area contributed by atoms with Gasteiger partial charge in [0, 0.05) is 0 Å². The van der Waals surface area contributed by atoms with E-state index in [9.17, 15) is 9.90 Å². The SMILES string of the molecule is O=C([Te]=[Te][N+](CO)(c1ccccc1)c1ccccc1)N(c1ccccc1)c1ccccc1. The molecule has 6 heteroatoms. The number of hydrogen-bond donors (Lipinski definition) is 1. The van der Waals surface area contributed by atoms with Gasteiger partial charge in [0.2, 0.25) is 0 Å². The predicted octanol–water partition coefficient (Wildman–Crippen LogP) is 5.47. The molecule has 0 atom stereocenters. The van der Waals surface area contributed by atoms with Gasteiger partial charge in [-0.2, -0.15) is 0 Å². The molecule has 4 nitrogen and oxygen atoms in total. The summed E-state index contributed by atoms with van der Waals surface area (Å²) in [5, 5.41) is 10.7. The number of aliphatic hydroxyl groups excluding tert-OH is 1. The second kappa shape index (κ2) is 11.1. The van der Waals surface area contributed by atoms with Gasteiger partial charge in [-0.05, 0) is 0 Å². The van der Waals surface area contributed by atoms with Crippen LogP contribution in [0.4, 0.5) is 27.5 Å². The quantitative estimate of drug-likeness (QED) is 0.213. The van der Waals surface area contributed by atoms with Crippen molar-refractivity contribution >= 4 is 59.8 Å². The van der Waals surface area contributed by atoms with E-state index in [2.05, 4.69) is 24.3 Å². The second-order valence-corrected chi connectivity index (χ2v) is 16.7. The summed E-state index contributed by atoms with van der Waals surface area (Å²) in [6.45, 7) is -0.0506. The number of carbonyl (C=O) groups excluding carboxylic acids is 1. The van der Waals surface area contributed by atoms with E-state index in [-0.39, 0.29) is 10.7 Å². The number of anilines is 2. The van der Waals surface area contributed by atoms with Gasteiger partial charge in [-0.15, -0.1) is 0 Å². The zero-order valence-electron chi connectivity index (χ0n) is 17.3. The summed E-state index contributed by atoms with van der Waals surface area (Å²) in [5.41, 5.74) is 3.82. The van der Waals surface area contributed by atoms with Gasteiger partial charge < -0.3 is 0 Å². The van der Waals surface area contributed by atoms with Gasteiger partial charge in [-0.3, -0.25) is 0 Å². The molecule has 4 rings (SSSR count). The molecule has 0 aliphatic rings. The van der Waals surface area contributed by atoms with Crippen molar-refractivity contribution in [1.82, 2.24) is 2.73 Å². The molecule has 0 aromatic heterocycles. The molecular weight excluding hydrogens is 627 g/mol. The van der Waals surface area contributed by atoms with Crippen molar-refractivity contribution in [2.45, 2.75) is 0 Å². The first kappa shape index (κ1) is 23.0. The first-order valence-electron chi connectivity index (χ1n) is 10.2. The van der Waals surface area contributed by atoms with E-state index in [1.165, 1.54) is 0 Å². The van der Waals surface area contributed by atoms with Crippen LogP contribution < -0.4 is 7.63 Å². The van der Waals surface area contributed by atoms with Crippen LogP contribution in [0.1, 0.15) is 0 Å². The zero-order valence-corrected chi connectivity index (χ0v) is 22.0. The second-order valence-electron chi connectivity index (χ2n) is 6.98. The predicted molar refractivity (Wildman–Crippen MR) is 133 cm³/mol. The Hall–Kier alpha value is -2.15. The molecule has 0 bridgehead atoms. The van der Waals surface area contributed by atoms with Crippen LogP contribution in [0.3, 0.4) is 0 Å². The molecule has 0 heterocycles. The van der Waals surface area contributed by atoms with Crippen LogP contribution in [0.25, 0.3) is 0 Å². The summed E-state index contributed by atoms with van der Waals surface area (Å²) in [5.74, 6) is 0. The van der Waals surface area contributed by atoms with Gasteiger partial charge in [0.15, 0.2) is 0 Å². The van der Waals surface area contributed by atoms with Crippen molar-refractivity contribution in [1.29, 1.82) is 0 Å². The molecule has 0 saturated heterocycles. The van der Waals surface area contributed by atoms with Crippen molar-refractivity contribution in [3.05, 3.63) is 121 Å². The molecule has 0 spiro atoms. The summed E-state index contributed by atoms with van der Waals surface area (Å²) in [4.78, 5) is 15.5. The molecule has 2 radical (unpaired) electrons. The van der Waals surface area contributed by atoms with E-state index in [1.807, 2.05) is 102 Å². The molecule has 1 N–H and O–H groups in total. The molecule has 0 aliphatic carbocycles. The molecule has 4 aromatic rings. The number of quaternary nitrogens is 1. The van der Waals surface area contributed by atoms with Crippen LogP contribution in [0, 0.1) is 0 Å². The fourth-order valence-corrected chi connectivity index (χ4v) is 15.4. The zero-order chi connectivity index (χ0) is 22.2. The standard InChI is InChI=1S/C26H23N2O2Te2/c29-21-28(24-17-9-3-10-18-24,25-19-11-4-12-20-25)32-31-26(30)27(22-13-5-1-6-14-22)23-15-7-2-8-16-23/h1-20,29H,21H2/q+1. The third-order valence-electron chi connectivity index (χ3n) is 4.99. The molecular formula is C26H23N2O2Te2+. The van der Waals surface area contributed by atoms with Gasteiger partial charge in [0.25, 0.3) is 0 Å². The fraction of sp³-hybridized carbons (Fsp3) is 0.0385. The van der Waals surface area contributed by atoms with Crippen molar-refractivity contribution in [2.75, 3.05) is 11.6 Å². The summed E-state index contributed by atoms with van der Waals surface area (Å²) in [7, 11) is 0. The van der Waals surface area contributed by atoms with E-state index in [0.717, 1.165) is 22.7 Å². The van der Waals surface area contributed by atoms with E-state index in [1.54, 1.807) is 0 Å². The molecule has 160 valence electrons. The first-order chi connectivity index (χ1) is 15.7. The van der Waals surface area contributed by atoms with E-state index >= 15 is 0 Å². The van der Waals surface area contributed by atoms with Crippen LogP contribution in [-0.2, 0) is 0 Å². The Labute approximate surface area is 204 Å². The number of rotatable bonds is 7. The minimum atomic E-state index is -1.07. The Bertz CT molecular complexity index is 1090.